The van der Waals surface area contributed by atoms with Crippen molar-refractivity contribution in [3.8, 4) is 11.5 Å². The van der Waals surface area contributed by atoms with Gasteiger partial charge < -0.3 is 20.4 Å². The summed E-state index contributed by atoms with van der Waals surface area (Å²) in [4.78, 5) is 5.37. The lowest BCUT2D eigenvalue weighted by Gasteiger charge is -2.23. The van der Waals surface area contributed by atoms with E-state index < -0.39 is 6.10 Å². The zero-order chi connectivity index (χ0) is 14.6. The van der Waals surface area contributed by atoms with E-state index in [0.717, 1.165) is 0 Å². The Labute approximate surface area is 114 Å². The molecule has 0 spiro atoms. The maximum absolute atomic E-state index is 10.1. The summed E-state index contributed by atoms with van der Waals surface area (Å²) in [5, 5.41) is 24.5. The van der Waals surface area contributed by atoms with Crippen molar-refractivity contribution in [3.63, 3.8) is 0 Å². The fraction of sp³-hybridized carbons (Fsp3) is 0.571. The smallest absolute Gasteiger partial charge is 0.151 e. The molecule has 1 aromatic rings. The molecule has 1 rings (SSSR count). The second kappa shape index (κ2) is 6.23. The number of nitrogens with one attached hydrogen (secondary N) is 1. The molecule has 5 nitrogen and oxygen atoms in total. The summed E-state index contributed by atoms with van der Waals surface area (Å²) in [6, 6.07) is 4.76. The van der Waals surface area contributed by atoms with Crippen molar-refractivity contribution < 1.29 is 15.1 Å². The Morgan fingerprint density at radius 2 is 1.89 bits per heavy atom. The van der Waals surface area contributed by atoms with Crippen LogP contribution in [-0.4, -0.2) is 41.5 Å². The molecule has 0 aliphatic heterocycles. The van der Waals surface area contributed by atoms with Crippen LogP contribution in [0.2, 0.25) is 0 Å². The van der Waals surface area contributed by atoms with Crippen LogP contribution in [0.3, 0.4) is 0 Å². The van der Waals surface area contributed by atoms with Gasteiger partial charge in [-0.25, -0.2) is 0 Å². The Morgan fingerprint density at radius 3 is 2.42 bits per heavy atom. The molecule has 0 aromatic heterocycles. The third kappa shape index (κ3) is 5.92. The molecule has 0 aliphatic rings. The fourth-order valence-electron chi connectivity index (χ4n) is 1.58. The van der Waals surface area contributed by atoms with Crippen LogP contribution in [0.5, 0.6) is 11.5 Å². The topological polar surface area (TPSA) is 65.0 Å². The minimum Gasteiger partial charge on any atom is -0.508 e. The number of hydrogen-bond donors (Lipinski definition) is 3. The number of rotatable bonds is 5. The first-order valence-corrected chi connectivity index (χ1v) is 6.30. The minimum atomic E-state index is -0.698. The summed E-state index contributed by atoms with van der Waals surface area (Å²) in [5.74, 6) is 0.568. The molecule has 0 aliphatic carbocycles. The molecule has 0 saturated carbocycles. The van der Waals surface area contributed by atoms with E-state index in [4.69, 9.17) is 4.84 Å². The monoisotopic (exact) mass is 268 g/mol. The summed E-state index contributed by atoms with van der Waals surface area (Å²) in [5.41, 5.74) is 0.550. The van der Waals surface area contributed by atoms with Crippen LogP contribution >= 0.6 is 0 Å². The number of phenols is 1. The lowest BCUT2D eigenvalue weighted by molar-refractivity contribution is -0.00374. The molecule has 19 heavy (non-hydrogen) atoms. The van der Waals surface area contributed by atoms with E-state index in [1.54, 1.807) is 20.2 Å². The van der Waals surface area contributed by atoms with Gasteiger partial charge in [0.05, 0.1) is 6.10 Å². The molecule has 1 atom stereocenters. The summed E-state index contributed by atoms with van der Waals surface area (Å²) >= 11 is 0. The molecule has 1 aromatic carbocycles. The third-order valence-electron chi connectivity index (χ3n) is 2.41. The average Bonchev–Trinajstić information content (AvgIpc) is 2.23. The van der Waals surface area contributed by atoms with Crippen LogP contribution in [0.1, 0.15) is 32.4 Å². The van der Waals surface area contributed by atoms with Crippen molar-refractivity contribution in [2.24, 2.45) is 0 Å². The molecule has 3 N–H and O–H groups in total. The van der Waals surface area contributed by atoms with Gasteiger partial charge >= 0.3 is 0 Å². The Hall–Kier alpha value is -1.30. The average molecular weight is 268 g/mol. The largest absolute Gasteiger partial charge is 0.508 e. The van der Waals surface area contributed by atoms with Gasteiger partial charge in [-0.2, -0.15) is 5.06 Å². The van der Waals surface area contributed by atoms with E-state index in [-0.39, 0.29) is 11.3 Å². The van der Waals surface area contributed by atoms with Crippen LogP contribution in [0.15, 0.2) is 18.2 Å². The molecule has 5 heteroatoms. The number of nitrogens with zero attached hydrogens (tertiary/aromatic N) is 1. The quantitative estimate of drug-likeness (QED) is 0.709. The number of aliphatic hydroxyl groups excluding tert-OH is 1. The number of aromatic hydroxyl groups is 1. The predicted octanol–water partition coefficient (Wildman–Crippen LogP) is 1.67. The van der Waals surface area contributed by atoms with Gasteiger partial charge in [-0.15, -0.1) is 0 Å². The first-order valence-electron chi connectivity index (χ1n) is 6.30. The maximum Gasteiger partial charge on any atom is 0.151 e. The van der Waals surface area contributed by atoms with Gasteiger partial charge in [0.1, 0.15) is 5.75 Å². The third-order valence-corrected chi connectivity index (χ3v) is 2.41. The number of benzene rings is 1. The van der Waals surface area contributed by atoms with Gasteiger partial charge in [0.15, 0.2) is 5.75 Å². The van der Waals surface area contributed by atoms with Crippen molar-refractivity contribution in [3.05, 3.63) is 23.8 Å². The first kappa shape index (κ1) is 15.8. The molecular weight excluding hydrogens is 244 g/mol. The van der Waals surface area contributed by atoms with Crippen molar-refractivity contribution in [1.29, 1.82) is 0 Å². The van der Waals surface area contributed by atoms with Crippen LogP contribution < -0.4 is 10.2 Å². The van der Waals surface area contributed by atoms with E-state index in [9.17, 15) is 10.2 Å². The molecular formula is C14H24N2O3. The van der Waals surface area contributed by atoms with Crippen LogP contribution in [0, 0.1) is 0 Å². The highest BCUT2D eigenvalue weighted by atomic mass is 16.7. The summed E-state index contributed by atoms with van der Waals surface area (Å²) in [6.45, 7) is 6.50. The van der Waals surface area contributed by atoms with Crippen LogP contribution in [-0.2, 0) is 0 Å². The normalized spacial score (nSPS) is 13.6. The molecule has 1 unspecified atom stereocenters. The Morgan fingerprint density at radius 1 is 1.26 bits per heavy atom. The first-order chi connectivity index (χ1) is 8.67. The minimum absolute atomic E-state index is 0.0687. The summed E-state index contributed by atoms with van der Waals surface area (Å²) in [7, 11) is 3.50. The molecule has 0 saturated heterocycles. The lowest BCUT2D eigenvalue weighted by Crippen LogP contribution is -2.38. The van der Waals surface area contributed by atoms with Crippen LogP contribution in [0.4, 0.5) is 0 Å². The van der Waals surface area contributed by atoms with Gasteiger partial charge in [-0.3, -0.25) is 0 Å². The van der Waals surface area contributed by atoms with Gasteiger partial charge in [-0.1, -0.05) is 0 Å². The molecule has 0 heterocycles. The Bertz CT molecular complexity index is 414. The van der Waals surface area contributed by atoms with E-state index in [2.05, 4.69) is 5.32 Å². The highest BCUT2D eigenvalue weighted by Crippen LogP contribution is 2.26. The molecule has 0 radical (unpaired) electrons. The Kier molecular flexibility index (Phi) is 5.17. The SMILES string of the molecule is CN(C)Oc1cc(O)cc(C(O)CNC(C)(C)C)c1. The molecule has 0 amide bonds. The van der Waals surface area contributed by atoms with Gasteiger partial charge in [-0.05, 0) is 38.5 Å². The summed E-state index contributed by atoms with van der Waals surface area (Å²) in [6.07, 6.45) is -0.698. The highest BCUT2D eigenvalue weighted by molar-refractivity contribution is 5.38. The van der Waals surface area contributed by atoms with Crippen molar-refractivity contribution >= 4 is 0 Å². The molecule has 108 valence electrons. The number of β-amino-alcohol motifs (C(OH)–C–C–N with tert-alkyl or cyclic N) is 1. The predicted molar refractivity (Wildman–Crippen MR) is 75.1 cm³/mol. The van der Waals surface area contributed by atoms with Crippen molar-refractivity contribution in [2.75, 3.05) is 20.6 Å². The van der Waals surface area contributed by atoms with E-state index in [0.29, 0.717) is 17.9 Å². The fourth-order valence-corrected chi connectivity index (χ4v) is 1.58. The zero-order valence-corrected chi connectivity index (χ0v) is 12.3. The summed E-state index contributed by atoms with van der Waals surface area (Å²) < 4.78 is 0. The number of hydrogen-bond acceptors (Lipinski definition) is 5. The highest BCUT2D eigenvalue weighted by Gasteiger charge is 2.15. The zero-order valence-electron chi connectivity index (χ0n) is 12.3. The number of hydroxylamine groups is 2. The standard InChI is InChI=1S/C14H24N2O3/c1-14(2,3)15-9-13(18)10-6-11(17)8-12(7-10)19-16(4)5/h6-8,13,15,17-18H,9H2,1-5H3. The Balaban J connectivity index is 2.79. The van der Waals surface area contributed by atoms with Crippen molar-refractivity contribution in [2.45, 2.75) is 32.4 Å². The second-order valence-corrected chi connectivity index (χ2v) is 5.81. The van der Waals surface area contributed by atoms with Gasteiger partial charge in [0.2, 0.25) is 0 Å². The van der Waals surface area contributed by atoms with Gasteiger partial charge in [0.25, 0.3) is 0 Å². The number of aliphatic hydroxyl groups is 1. The van der Waals surface area contributed by atoms with E-state index in [1.165, 1.54) is 17.2 Å². The van der Waals surface area contributed by atoms with Crippen molar-refractivity contribution in [1.82, 2.24) is 10.4 Å². The molecule has 0 bridgehead atoms. The molecule has 0 fully saturated rings. The lowest BCUT2D eigenvalue weighted by atomic mass is 10.1. The maximum atomic E-state index is 10.1. The second-order valence-electron chi connectivity index (χ2n) is 5.81. The van der Waals surface area contributed by atoms with E-state index >= 15 is 0 Å². The van der Waals surface area contributed by atoms with Crippen LogP contribution in [0.25, 0.3) is 0 Å². The van der Waals surface area contributed by atoms with E-state index in [1.807, 2.05) is 20.8 Å². The number of phenolic OH excluding ortho intramolecular Hbond substituents is 1. The van der Waals surface area contributed by atoms with Gasteiger partial charge in [0, 0.05) is 32.2 Å².